The summed E-state index contributed by atoms with van der Waals surface area (Å²) in [7, 11) is 2.18. The molecule has 4 nitrogen and oxygen atoms in total. The van der Waals surface area contributed by atoms with Gasteiger partial charge in [0.05, 0.1) is 0 Å². The normalized spacial score (nSPS) is 17.4. The lowest BCUT2D eigenvalue weighted by molar-refractivity contribution is 0.220. The van der Waals surface area contributed by atoms with Crippen LogP contribution >= 0.6 is 0 Å². The Hall–Kier alpha value is -1.13. The van der Waals surface area contributed by atoms with Crippen LogP contribution in [0.5, 0.6) is 0 Å². The highest BCUT2D eigenvalue weighted by Crippen LogP contribution is 2.20. The van der Waals surface area contributed by atoms with Gasteiger partial charge >= 0.3 is 0 Å². The molecule has 0 bridgehead atoms. The Morgan fingerprint density at radius 1 is 1.33 bits per heavy atom. The summed E-state index contributed by atoms with van der Waals surface area (Å²) in [6, 6.07) is 5.48. The van der Waals surface area contributed by atoms with E-state index in [1.54, 1.807) is 0 Å². The van der Waals surface area contributed by atoms with E-state index in [0.29, 0.717) is 12.1 Å². The minimum Gasteiger partial charge on any atom is -0.357 e. The number of anilines is 1. The first-order valence-corrected chi connectivity index (χ1v) is 8.23. The number of aromatic nitrogens is 1. The second-order valence-corrected chi connectivity index (χ2v) is 6.34. The Labute approximate surface area is 129 Å². The van der Waals surface area contributed by atoms with Gasteiger partial charge in [-0.15, -0.1) is 0 Å². The van der Waals surface area contributed by atoms with E-state index < -0.39 is 0 Å². The quantitative estimate of drug-likeness (QED) is 0.872. The smallest absolute Gasteiger partial charge is 0.128 e. The van der Waals surface area contributed by atoms with Gasteiger partial charge in [0.2, 0.25) is 0 Å². The standard InChI is InChI=1S/C17H30N4/c1-5-21-10-8-16(9-11-21)20(4)17-7-6-15(13-19-17)12-18-14(2)3/h6-7,13-14,16,18H,5,8-12H2,1-4H3. The van der Waals surface area contributed by atoms with E-state index in [0.717, 1.165) is 12.4 Å². The third kappa shape index (κ3) is 4.68. The molecular weight excluding hydrogens is 260 g/mol. The maximum atomic E-state index is 4.64. The highest BCUT2D eigenvalue weighted by atomic mass is 15.2. The van der Waals surface area contributed by atoms with Gasteiger partial charge in [0, 0.05) is 45.0 Å². The van der Waals surface area contributed by atoms with Gasteiger partial charge in [0.15, 0.2) is 0 Å². The molecule has 0 spiro atoms. The van der Waals surface area contributed by atoms with E-state index in [1.165, 1.54) is 38.0 Å². The van der Waals surface area contributed by atoms with Crippen molar-refractivity contribution in [2.75, 3.05) is 31.6 Å². The zero-order valence-electron chi connectivity index (χ0n) is 14.0. The zero-order chi connectivity index (χ0) is 15.2. The predicted molar refractivity (Wildman–Crippen MR) is 89.8 cm³/mol. The SMILES string of the molecule is CCN1CCC(N(C)c2ccc(CNC(C)C)cn2)CC1. The summed E-state index contributed by atoms with van der Waals surface area (Å²) in [5, 5.41) is 3.43. The predicted octanol–water partition coefficient (Wildman–Crippen LogP) is 2.50. The summed E-state index contributed by atoms with van der Waals surface area (Å²) in [5.41, 5.74) is 1.25. The molecular formula is C17H30N4. The number of likely N-dealkylation sites (tertiary alicyclic amines) is 1. The molecule has 2 rings (SSSR count). The van der Waals surface area contributed by atoms with Crippen molar-refractivity contribution in [2.45, 2.75) is 52.2 Å². The van der Waals surface area contributed by atoms with Gasteiger partial charge in [0.1, 0.15) is 5.82 Å². The van der Waals surface area contributed by atoms with Crippen LogP contribution in [0, 0.1) is 0 Å². The van der Waals surface area contributed by atoms with E-state index in [1.807, 2.05) is 6.20 Å². The molecule has 1 fully saturated rings. The Kier molecular flexibility index (Phi) is 6.00. The van der Waals surface area contributed by atoms with Crippen LogP contribution in [0.25, 0.3) is 0 Å². The number of rotatable bonds is 6. The molecule has 0 aromatic carbocycles. The van der Waals surface area contributed by atoms with Crippen LogP contribution in [0.2, 0.25) is 0 Å². The van der Waals surface area contributed by atoms with Gasteiger partial charge in [-0.3, -0.25) is 0 Å². The lowest BCUT2D eigenvalue weighted by Gasteiger charge is -2.36. The molecule has 1 N–H and O–H groups in total. The van der Waals surface area contributed by atoms with Crippen molar-refractivity contribution in [1.82, 2.24) is 15.2 Å². The number of nitrogens with zero attached hydrogens (tertiary/aromatic N) is 3. The molecule has 1 aromatic heterocycles. The molecule has 0 unspecified atom stereocenters. The fraction of sp³-hybridized carbons (Fsp3) is 0.706. The minimum absolute atomic E-state index is 0.510. The third-order valence-electron chi connectivity index (χ3n) is 4.44. The minimum atomic E-state index is 0.510. The molecule has 4 heteroatoms. The van der Waals surface area contributed by atoms with Crippen LogP contribution in [0.3, 0.4) is 0 Å². The first kappa shape index (κ1) is 16.2. The highest BCUT2D eigenvalue weighted by Gasteiger charge is 2.22. The van der Waals surface area contributed by atoms with E-state index in [-0.39, 0.29) is 0 Å². The van der Waals surface area contributed by atoms with Crippen LogP contribution in [0.1, 0.15) is 39.2 Å². The fourth-order valence-corrected chi connectivity index (χ4v) is 2.86. The Morgan fingerprint density at radius 3 is 2.57 bits per heavy atom. The lowest BCUT2D eigenvalue weighted by Crippen LogP contribution is -2.43. The van der Waals surface area contributed by atoms with E-state index in [2.05, 4.69) is 60.1 Å². The molecule has 1 aliphatic heterocycles. The average molecular weight is 290 g/mol. The van der Waals surface area contributed by atoms with E-state index >= 15 is 0 Å². The summed E-state index contributed by atoms with van der Waals surface area (Å²) in [4.78, 5) is 9.52. The average Bonchev–Trinajstić information content (AvgIpc) is 2.53. The molecule has 118 valence electrons. The van der Waals surface area contributed by atoms with Gasteiger partial charge in [-0.25, -0.2) is 4.98 Å². The second kappa shape index (κ2) is 7.76. The molecule has 21 heavy (non-hydrogen) atoms. The van der Waals surface area contributed by atoms with Crippen molar-refractivity contribution < 1.29 is 0 Å². The van der Waals surface area contributed by atoms with E-state index in [4.69, 9.17) is 0 Å². The number of pyridine rings is 1. The Bertz CT molecular complexity index is 407. The van der Waals surface area contributed by atoms with Crippen LogP contribution in [0.15, 0.2) is 18.3 Å². The first-order valence-electron chi connectivity index (χ1n) is 8.23. The second-order valence-electron chi connectivity index (χ2n) is 6.34. The number of hydrogen-bond donors (Lipinski definition) is 1. The molecule has 0 aliphatic carbocycles. The maximum Gasteiger partial charge on any atom is 0.128 e. The van der Waals surface area contributed by atoms with Crippen LogP contribution in [0.4, 0.5) is 5.82 Å². The number of piperidine rings is 1. The van der Waals surface area contributed by atoms with E-state index in [9.17, 15) is 0 Å². The molecule has 2 heterocycles. The van der Waals surface area contributed by atoms with Crippen LogP contribution in [-0.4, -0.2) is 48.6 Å². The van der Waals surface area contributed by atoms with Gasteiger partial charge in [-0.1, -0.05) is 26.8 Å². The highest BCUT2D eigenvalue weighted by molar-refractivity contribution is 5.39. The molecule has 0 atom stereocenters. The van der Waals surface area contributed by atoms with Crippen LogP contribution in [-0.2, 0) is 6.54 Å². The van der Waals surface area contributed by atoms with Crippen molar-refractivity contribution in [2.24, 2.45) is 0 Å². The van der Waals surface area contributed by atoms with Gasteiger partial charge in [0.25, 0.3) is 0 Å². The lowest BCUT2D eigenvalue weighted by atomic mass is 10.0. The van der Waals surface area contributed by atoms with Crippen molar-refractivity contribution in [3.05, 3.63) is 23.9 Å². The largest absolute Gasteiger partial charge is 0.357 e. The van der Waals surface area contributed by atoms with Crippen molar-refractivity contribution in [3.8, 4) is 0 Å². The topological polar surface area (TPSA) is 31.4 Å². The molecule has 1 aliphatic rings. The molecule has 1 saturated heterocycles. The maximum absolute atomic E-state index is 4.64. The molecule has 0 amide bonds. The summed E-state index contributed by atoms with van der Waals surface area (Å²) < 4.78 is 0. The summed E-state index contributed by atoms with van der Waals surface area (Å²) >= 11 is 0. The summed E-state index contributed by atoms with van der Waals surface area (Å²) in [5.74, 6) is 1.10. The van der Waals surface area contributed by atoms with Crippen molar-refractivity contribution in [3.63, 3.8) is 0 Å². The fourth-order valence-electron chi connectivity index (χ4n) is 2.86. The van der Waals surface area contributed by atoms with Gasteiger partial charge in [-0.05, 0) is 31.0 Å². The van der Waals surface area contributed by atoms with Gasteiger partial charge in [-0.2, -0.15) is 0 Å². The summed E-state index contributed by atoms with van der Waals surface area (Å²) in [6.07, 6.45) is 4.48. The number of nitrogens with one attached hydrogen (secondary N) is 1. The van der Waals surface area contributed by atoms with Crippen molar-refractivity contribution in [1.29, 1.82) is 0 Å². The first-order chi connectivity index (χ1) is 10.1. The van der Waals surface area contributed by atoms with Gasteiger partial charge < -0.3 is 15.1 Å². The monoisotopic (exact) mass is 290 g/mol. The van der Waals surface area contributed by atoms with Crippen LogP contribution < -0.4 is 10.2 Å². The third-order valence-corrected chi connectivity index (χ3v) is 4.44. The Balaban J connectivity index is 1.89. The summed E-state index contributed by atoms with van der Waals surface area (Å²) in [6.45, 7) is 11.1. The Morgan fingerprint density at radius 2 is 2.05 bits per heavy atom. The van der Waals surface area contributed by atoms with Crippen molar-refractivity contribution >= 4 is 5.82 Å². The molecule has 0 saturated carbocycles. The number of hydrogen-bond acceptors (Lipinski definition) is 4. The molecule has 1 aromatic rings. The molecule has 0 radical (unpaired) electrons. The zero-order valence-corrected chi connectivity index (χ0v) is 14.0.